The van der Waals surface area contributed by atoms with Crippen LogP contribution in [0.15, 0.2) is 29.3 Å². The molecule has 0 spiro atoms. The third-order valence-corrected chi connectivity index (χ3v) is 10.6. The van der Waals surface area contributed by atoms with E-state index in [-0.39, 0.29) is 55.4 Å². The highest BCUT2D eigenvalue weighted by atomic mass is 16.2. The predicted molar refractivity (Wildman–Crippen MR) is 217 cm³/mol. The summed E-state index contributed by atoms with van der Waals surface area (Å²) in [6.45, 7) is 9.95. The van der Waals surface area contributed by atoms with Crippen LogP contribution >= 0.6 is 0 Å². The summed E-state index contributed by atoms with van der Waals surface area (Å²) in [6.07, 6.45) is 5.95. The first-order chi connectivity index (χ1) is 27.0. The molecule has 16 nitrogen and oxygen atoms in total. The van der Waals surface area contributed by atoms with Gasteiger partial charge in [-0.25, -0.2) is 0 Å². The number of hydrogen-bond donors (Lipinski definition) is 6. The first-order valence-corrected chi connectivity index (χ1v) is 20.3. The van der Waals surface area contributed by atoms with Crippen LogP contribution in [-0.4, -0.2) is 101 Å². The van der Waals surface area contributed by atoms with E-state index in [1.54, 1.807) is 24.3 Å². The average Bonchev–Trinajstić information content (AvgIpc) is 3.66. The number of amides is 6. The van der Waals surface area contributed by atoms with E-state index in [4.69, 9.17) is 17.2 Å². The molecule has 1 saturated carbocycles. The Labute approximate surface area is 337 Å². The van der Waals surface area contributed by atoms with E-state index in [0.717, 1.165) is 24.8 Å². The maximum atomic E-state index is 14.5. The Bertz CT molecular complexity index is 1610. The number of nitrogens with zero attached hydrogens (tertiary/aromatic N) is 4. The Morgan fingerprint density at radius 1 is 0.860 bits per heavy atom. The molecule has 0 aromatic heterocycles. The smallest absolute Gasteiger partial charge is 0.245 e. The molecule has 0 unspecified atom stereocenters. The fourth-order valence-electron chi connectivity index (χ4n) is 7.79. The fourth-order valence-corrected chi connectivity index (χ4v) is 7.79. The van der Waals surface area contributed by atoms with E-state index in [9.17, 15) is 34.0 Å². The second kappa shape index (κ2) is 22.5. The molecule has 0 bridgehead atoms. The number of primary amides is 1. The summed E-state index contributed by atoms with van der Waals surface area (Å²) in [4.78, 5) is 89.1. The predicted octanol–water partition coefficient (Wildman–Crippen LogP) is 1.58. The lowest BCUT2D eigenvalue weighted by Gasteiger charge is -2.35. The summed E-state index contributed by atoms with van der Waals surface area (Å²) in [5, 5.41) is 18.1. The maximum Gasteiger partial charge on any atom is 0.245 e. The topological polar surface area (TPSA) is 259 Å². The molecule has 2 aliphatic rings. The molecule has 3 rings (SSSR count). The number of carbonyl (C=O) groups is 6. The number of hydrogen-bond acceptors (Lipinski definition) is 8. The lowest BCUT2D eigenvalue weighted by atomic mass is 9.83. The summed E-state index contributed by atoms with van der Waals surface area (Å²) >= 11 is 0. The summed E-state index contributed by atoms with van der Waals surface area (Å²) in [5.41, 5.74) is 17.9. The number of aliphatic imine (C=N–C) groups is 1. The van der Waals surface area contributed by atoms with Crippen LogP contribution in [-0.2, 0) is 35.2 Å². The van der Waals surface area contributed by atoms with Crippen LogP contribution in [0.5, 0.6) is 0 Å². The van der Waals surface area contributed by atoms with Gasteiger partial charge in [0.1, 0.15) is 30.2 Å². The number of benzene rings is 1. The van der Waals surface area contributed by atoms with Crippen LogP contribution in [0, 0.1) is 29.1 Å². The monoisotopic (exact) mass is 793 g/mol. The summed E-state index contributed by atoms with van der Waals surface area (Å²) in [7, 11) is 0. The highest BCUT2D eigenvalue weighted by molar-refractivity contribution is 5.96. The Hall–Kier alpha value is -5.20. The SMILES string of the molecule is CC(=O)N(CC(C)C)[C@@H](Cc1ccc(C#N)cc1)C(=O)N[C@H](C(=O)N[C@@H](CCCN=C(N)N)C(=O)N[C@@H](CC(C)C)C(=O)N1CCC[C@H]1C(N)=O)C1CCCCC1. The van der Waals surface area contributed by atoms with Crippen LogP contribution in [0.2, 0.25) is 0 Å². The highest BCUT2D eigenvalue weighted by Gasteiger charge is 2.40. The standard InChI is InChI=1S/C41H64N10O6/c1-25(2)21-32(40(57)50-20-10-14-33(50)36(43)53)48-37(54)31(13-9-19-46-41(44)45)47-39(56)35(30-11-7-6-8-12-30)49-38(55)34(51(27(5)52)24-26(3)4)22-28-15-17-29(23-42)18-16-28/h15-18,25-26,30-35H,6-14,19-22,24H2,1-5H3,(H2,43,53)(H,47,56)(H,48,54)(H,49,55)(H4,44,45,46)/t31-,32-,33-,34-,35-/m0/s1. The minimum absolute atomic E-state index is 0.00262. The van der Waals surface area contributed by atoms with Crippen molar-refractivity contribution in [3.8, 4) is 6.07 Å². The van der Waals surface area contributed by atoms with Gasteiger partial charge in [0.25, 0.3) is 0 Å². The molecule has 16 heteroatoms. The first kappa shape index (κ1) is 46.2. The largest absolute Gasteiger partial charge is 0.370 e. The molecular weight excluding hydrogens is 729 g/mol. The Morgan fingerprint density at radius 2 is 1.51 bits per heavy atom. The van der Waals surface area contributed by atoms with Crippen molar-refractivity contribution in [3.63, 3.8) is 0 Å². The van der Waals surface area contributed by atoms with E-state index in [0.29, 0.717) is 50.8 Å². The number of carbonyl (C=O) groups excluding carboxylic acids is 6. The van der Waals surface area contributed by atoms with E-state index in [1.165, 1.54) is 16.7 Å². The summed E-state index contributed by atoms with van der Waals surface area (Å²) in [6, 6.07) is 4.02. The maximum absolute atomic E-state index is 14.5. The number of likely N-dealkylation sites (tertiary alicyclic amines) is 1. The second-order valence-electron chi connectivity index (χ2n) is 16.3. The minimum Gasteiger partial charge on any atom is -0.370 e. The Kier molecular flexibility index (Phi) is 18.2. The van der Waals surface area contributed by atoms with Gasteiger partial charge in [0, 0.05) is 33.0 Å². The molecule has 6 amide bonds. The van der Waals surface area contributed by atoms with Gasteiger partial charge in [-0.3, -0.25) is 33.8 Å². The van der Waals surface area contributed by atoms with Crippen LogP contribution in [0.25, 0.3) is 0 Å². The first-order valence-electron chi connectivity index (χ1n) is 20.3. The lowest BCUT2D eigenvalue weighted by Crippen LogP contribution is -2.61. The number of nitrogens with one attached hydrogen (secondary N) is 3. The van der Waals surface area contributed by atoms with Gasteiger partial charge in [-0.15, -0.1) is 0 Å². The number of nitrogens with two attached hydrogens (primary N) is 3. The van der Waals surface area contributed by atoms with Gasteiger partial charge >= 0.3 is 0 Å². The van der Waals surface area contributed by atoms with Gasteiger partial charge < -0.3 is 43.0 Å². The average molecular weight is 793 g/mol. The summed E-state index contributed by atoms with van der Waals surface area (Å²) < 4.78 is 0. The van der Waals surface area contributed by atoms with Crippen molar-refractivity contribution in [2.45, 2.75) is 135 Å². The summed E-state index contributed by atoms with van der Waals surface area (Å²) in [5.74, 6) is -3.31. The van der Waals surface area contributed by atoms with E-state index >= 15 is 0 Å². The van der Waals surface area contributed by atoms with Gasteiger partial charge in [-0.2, -0.15) is 5.26 Å². The second-order valence-corrected chi connectivity index (χ2v) is 16.3. The van der Waals surface area contributed by atoms with Gasteiger partial charge in [-0.1, -0.05) is 59.1 Å². The Balaban J connectivity index is 1.95. The third-order valence-electron chi connectivity index (χ3n) is 10.6. The van der Waals surface area contributed by atoms with Gasteiger partial charge in [0.2, 0.25) is 35.4 Å². The van der Waals surface area contributed by atoms with Crippen molar-refractivity contribution >= 4 is 41.4 Å². The number of rotatable bonds is 20. The molecule has 1 aromatic carbocycles. The van der Waals surface area contributed by atoms with Crippen molar-refractivity contribution in [1.29, 1.82) is 5.26 Å². The Morgan fingerprint density at radius 3 is 2.07 bits per heavy atom. The molecule has 0 radical (unpaired) electrons. The van der Waals surface area contributed by atoms with Crippen LogP contribution in [0.1, 0.15) is 110 Å². The van der Waals surface area contributed by atoms with Crippen molar-refractivity contribution in [2.24, 2.45) is 39.9 Å². The zero-order valence-corrected chi connectivity index (χ0v) is 34.3. The number of guanidine groups is 1. The molecular formula is C41H64N10O6. The van der Waals surface area contributed by atoms with Crippen molar-refractivity contribution in [3.05, 3.63) is 35.4 Å². The van der Waals surface area contributed by atoms with Crippen molar-refractivity contribution < 1.29 is 28.8 Å². The van der Waals surface area contributed by atoms with Crippen LogP contribution < -0.4 is 33.2 Å². The lowest BCUT2D eigenvalue weighted by molar-refractivity contribution is -0.142. The van der Waals surface area contributed by atoms with Gasteiger partial charge in [0.15, 0.2) is 5.96 Å². The van der Waals surface area contributed by atoms with E-state index in [2.05, 4.69) is 27.0 Å². The van der Waals surface area contributed by atoms with Gasteiger partial charge in [-0.05, 0) is 80.4 Å². The molecule has 1 aromatic rings. The molecule has 314 valence electrons. The molecule has 1 aliphatic heterocycles. The van der Waals surface area contributed by atoms with Crippen molar-refractivity contribution in [1.82, 2.24) is 25.8 Å². The molecule has 2 fully saturated rings. The van der Waals surface area contributed by atoms with Crippen molar-refractivity contribution in [2.75, 3.05) is 19.6 Å². The van der Waals surface area contributed by atoms with Crippen LogP contribution in [0.3, 0.4) is 0 Å². The molecule has 9 N–H and O–H groups in total. The number of nitriles is 1. The van der Waals surface area contributed by atoms with E-state index < -0.39 is 59.7 Å². The normalized spacial score (nSPS) is 17.8. The third kappa shape index (κ3) is 14.4. The molecule has 1 heterocycles. The zero-order valence-electron chi connectivity index (χ0n) is 34.3. The highest BCUT2D eigenvalue weighted by Crippen LogP contribution is 2.28. The van der Waals surface area contributed by atoms with E-state index in [1.807, 2.05) is 27.7 Å². The quantitative estimate of drug-likeness (QED) is 0.0636. The zero-order chi connectivity index (χ0) is 42.2. The molecule has 57 heavy (non-hydrogen) atoms. The molecule has 1 saturated heterocycles. The minimum atomic E-state index is -1.13. The molecule has 1 aliphatic carbocycles. The molecule has 5 atom stereocenters. The fraction of sp³-hybridized carbons (Fsp3) is 0.659. The van der Waals surface area contributed by atoms with Gasteiger partial charge in [0.05, 0.1) is 11.6 Å². The van der Waals surface area contributed by atoms with Crippen LogP contribution in [0.4, 0.5) is 0 Å².